The third kappa shape index (κ3) is 3.89. The largest absolute Gasteiger partial charge is 0.309 e. The molecule has 0 saturated carbocycles. The molecule has 0 unspecified atom stereocenters. The number of benzene rings is 2. The van der Waals surface area contributed by atoms with E-state index in [1.54, 1.807) is 12.1 Å². The second kappa shape index (κ2) is 6.44. The molecule has 0 atom stereocenters. The van der Waals surface area contributed by atoms with Gasteiger partial charge in [-0.2, -0.15) is 0 Å². The quantitative estimate of drug-likeness (QED) is 0.843. The van der Waals surface area contributed by atoms with Crippen molar-refractivity contribution in [3.05, 3.63) is 68.7 Å². The molecule has 0 aliphatic heterocycles. The van der Waals surface area contributed by atoms with E-state index in [0.29, 0.717) is 11.6 Å². The second-order valence-electron chi connectivity index (χ2n) is 3.97. The summed E-state index contributed by atoms with van der Waals surface area (Å²) >= 11 is 17.9. The Kier molecular flexibility index (Phi) is 4.90. The van der Waals surface area contributed by atoms with E-state index in [-0.39, 0.29) is 0 Å². The molecule has 0 spiro atoms. The van der Waals surface area contributed by atoms with E-state index < -0.39 is 0 Å². The molecule has 0 amide bonds. The Hall–Kier alpha value is -0.730. The Morgan fingerprint density at radius 2 is 1.61 bits per heavy atom. The summed E-state index contributed by atoms with van der Waals surface area (Å²) in [6.45, 7) is 1.41. The second-order valence-corrected chi connectivity index (χ2v) is 5.25. The van der Waals surface area contributed by atoms with Crippen LogP contribution in [0.1, 0.15) is 11.1 Å². The van der Waals surface area contributed by atoms with Crippen molar-refractivity contribution in [1.29, 1.82) is 0 Å². The predicted molar refractivity (Wildman–Crippen MR) is 78.5 cm³/mol. The molecule has 4 heteroatoms. The van der Waals surface area contributed by atoms with Crippen molar-refractivity contribution in [2.45, 2.75) is 13.1 Å². The van der Waals surface area contributed by atoms with E-state index in [4.69, 9.17) is 34.8 Å². The standard InChI is InChI=1S/C14H12Cl3N/c15-12-3-1-2-10(6-12)8-18-9-11-7-13(16)4-5-14(11)17/h1-7,18H,8-9H2. The van der Waals surface area contributed by atoms with Crippen molar-refractivity contribution < 1.29 is 0 Å². The summed E-state index contributed by atoms with van der Waals surface area (Å²) in [6.07, 6.45) is 0. The highest BCUT2D eigenvalue weighted by Gasteiger charge is 2.01. The Morgan fingerprint density at radius 3 is 2.39 bits per heavy atom. The van der Waals surface area contributed by atoms with Gasteiger partial charge in [0.05, 0.1) is 0 Å². The van der Waals surface area contributed by atoms with Crippen LogP contribution >= 0.6 is 34.8 Å². The van der Waals surface area contributed by atoms with Gasteiger partial charge in [-0.15, -0.1) is 0 Å². The average Bonchev–Trinajstić information content (AvgIpc) is 2.34. The zero-order valence-electron chi connectivity index (χ0n) is 9.59. The van der Waals surface area contributed by atoms with Crippen molar-refractivity contribution in [2.24, 2.45) is 0 Å². The van der Waals surface area contributed by atoms with Crippen molar-refractivity contribution in [3.8, 4) is 0 Å². The van der Waals surface area contributed by atoms with Crippen LogP contribution in [0.25, 0.3) is 0 Å². The van der Waals surface area contributed by atoms with E-state index >= 15 is 0 Å². The molecule has 0 bridgehead atoms. The minimum absolute atomic E-state index is 0.673. The van der Waals surface area contributed by atoms with Crippen LogP contribution < -0.4 is 5.32 Å². The van der Waals surface area contributed by atoms with Crippen LogP contribution in [0.4, 0.5) is 0 Å². The molecule has 0 radical (unpaired) electrons. The lowest BCUT2D eigenvalue weighted by Crippen LogP contribution is -2.12. The minimum Gasteiger partial charge on any atom is -0.309 e. The van der Waals surface area contributed by atoms with Crippen LogP contribution in [0.15, 0.2) is 42.5 Å². The van der Waals surface area contributed by atoms with Crippen LogP contribution in [0.3, 0.4) is 0 Å². The number of hydrogen-bond acceptors (Lipinski definition) is 1. The van der Waals surface area contributed by atoms with Crippen molar-refractivity contribution in [1.82, 2.24) is 5.32 Å². The number of rotatable bonds is 4. The SMILES string of the molecule is Clc1cccc(CNCc2cc(Cl)ccc2Cl)c1. The summed E-state index contributed by atoms with van der Waals surface area (Å²) in [6, 6.07) is 13.2. The highest BCUT2D eigenvalue weighted by molar-refractivity contribution is 6.33. The predicted octanol–water partition coefficient (Wildman–Crippen LogP) is 4.94. The van der Waals surface area contributed by atoms with Gasteiger partial charge >= 0.3 is 0 Å². The lowest BCUT2D eigenvalue weighted by Gasteiger charge is -2.07. The summed E-state index contributed by atoms with van der Waals surface area (Å²) in [5.41, 5.74) is 2.13. The van der Waals surface area contributed by atoms with Crippen LogP contribution in [-0.2, 0) is 13.1 Å². The van der Waals surface area contributed by atoms with Gasteiger partial charge in [-0.1, -0.05) is 46.9 Å². The van der Waals surface area contributed by atoms with Gasteiger partial charge in [0.15, 0.2) is 0 Å². The molecule has 2 aromatic carbocycles. The fourth-order valence-electron chi connectivity index (χ4n) is 1.67. The molecule has 2 aromatic rings. The van der Waals surface area contributed by atoms with E-state index in [9.17, 15) is 0 Å². The van der Waals surface area contributed by atoms with Crippen LogP contribution in [-0.4, -0.2) is 0 Å². The minimum atomic E-state index is 0.673. The topological polar surface area (TPSA) is 12.0 Å². The molecule has 18 heavy (non-hydrogen) atoms. The molecule has 0 aliphatic carbocycles. The maximum absolute atomic E-state index is 6.08. The molecule has 1 N–H and O–H groups in total. The molecular formula is C14H12Cl3N. The third-order valence-electron chi connectivity index (χ3n) is 2.54. The smallest absolute Gasteiger partial charge is 0.0451 e. The summed E-state index contributed by atoms with van der Waals surface area (Å²) in [7, 11) is 0. The van der Waals surface area contributed by atoms with E-state index in [0.717, 1.165) is 27.7 Å². The molecular weight excluding hydrogens is 289 g/mol. The monoisotopic (exact) mass is 299 g/mol. The molecule has 0 aromatic heterocycles. The first-order valence-corrected chi connectivity index (χ1v) is 6.67. The Bertz CT molecular complexity index is 540. The van der Waals surface area contributed by atoms with Crippen LogP contribution in [0, 0.1) is 0 Å². The average molecular weight is 301 g/mol. The lowest BCUT2D eigenvalue weighted by atomic mass is 10.2. The Balaban J connectivity index is 1.94. The van der Waals surface area contributed by atoms with Gasteiger partial charge in [0.1, 0.15) is 0 Å². The first-order chi connectivity index (χ1) is 8.65. The zero-order chi connectivity index (χ0) is 13.0. The van der Waals surface area contributed by atoms with Crippen molar-refractivity contribution >= 4 is 34.8 Å². The molecule has 2 rings (SSSR count). The molecule has 0 fully saturated rings. The first-order valence-electron chi connectivity index (χ1n) is 5.54. The summed E-state index contributed by atoms with van der Waals surface area (Å²) in [5, 5.41) is 5.47. The van der Waals surface area contributed by atoms with Crippen LogP contribution in [0.5, 0.6) is 0 Å². The van der Waals surface area contributed by atoms with Gasteiger partial charge in [0.25, 0.3) is 0 Å². The third-order valence-corrected chi connectivity index (χ3v) is 3.38. The number of nitrogens with one attached hydrogen (secondary N) is 1. The van der Waals surface area contributed by atoms with Gasteiger partial charge in [-0.05, 0) is 41.5 Å². The zero-order valence-corrected chi connectivity index (χ0v) is 11.9. The van der Waals surface area contributed by atoms with Crippen molar-refractivity contribution in [2.75, 3.05) is 0 Å². The van der Waals surface area contributed by atoms with Gasteiger partial charge in [-0.25, -0.2) is 0 Å². The number of hydrogen-bond donors (Lipinski definition) is 1. The van der Waals surface area contributed by atoms with E-state index in [1.165, 1.54) is 0 Å². The lowest BCUT2D eigenvalue weighted by molar-refractivity contribution is 0.693. The highest BCUT2D eigenvalue weighted by atomic mass is 35.5. The summed E-state index contributed by atoms with van der Waals surface area (Å²) < 4.78 is 0. The number of halogens is 3. The van der Waals surface area contributed by atoms with Gasteiger partial charge < -0.3 is 5.32 Å². The Morgan fingerprint density at radius 1 is 0.833 bits per heavy atom. The van der Waals surface area contributed by atoms with Crippen LogP contribution in [0.2, 0.25) is 15.1 Å². The fraction of sp³-hybridized carbons (Fsp3) is 0.143. The molecule has 0 saturated heterocycles. The maximum Gasteiger partial charge on any atom is 0.0451 e. The Labute approximate surface area is 122 Å². The molecule has 0 heterocycles. The van der Waals surface area contributed by atoms with Crippen molar-refractivity contribution in [3.63, 3.8) is 0 Å². The maximum atomic E-state index is 6.08. The summed E-state index contributed by atoms with van der Waals surface area (Å²) in [5.74, 6) is 0. The van der Waals surface area contributed by atoms with Gasteiger partial charge in [-0.3, -0.25) is 0 Å². The molecule has 1 nitrogen and oxygen atoms in total. The normalized spacial score (nSPS) is 10.6. The first kappa shape index (κ1) is 13.7. The molecule has 0 aliphatic rings. The summed E-state index contributed by atoms with van der Waals surface area (Å²) in [4.78, 5) is 0. The highest BCUT2D eigenvalue weighted by Crippen LogP contribution is 2.20. The van der Waals surface area contributed by atoms with Gasteiger partial charge in [0.2, 0.25) is 0 Å². The van der Waals surface area contributed by atoms with E-state index in [2.05, 4.69) is 5.32 Å². The fourth-order valence-corrected chi connectivity index (χ4v) is 2.26. The van der Waals surface area contributed by atoms with Gasteiger partial charge in [0, 0.05) is 28.2 Å². The van der Waals surface area contributed by atoms with E-state index in [1.807, 2.05) is 30.3 Å². The molecule has 94 valence electrons.